The van der Waals surface area contributed by atoms with Gasteiger partial charge in [-0.2, -0.15) is 0 Å². The quantitative estimate of drug-likeness (QED) is 0.716. The van der Waals surface area contributed by atoms with Crippen molar-refractivity contribution in [1.29, 1.82) is 0 Å². The standard InChI is InChI=1S/C11H17N3O3S/c1-6(3-4-12)9(15)13-7(2)10-14-8(5-18-10)11(16)17/h5-7H,3-4,12H2,1-2H3,(H,13,15)(H,16,17). The minimum absolute atomic E-state index is 0.00565. The fraction of sp³-hybridized carbons (Fsp3) is 0.545. The van der Waals surface area contributed by atoms with Crippen molar-refractivity contribution < 1.29 is 14.7 Å². The molecule has 1 aromatic heterocycles. The Morgan fingerprint density at radius 1 is 1.56 bits per heavy atom. The van der Waals surface area contributed by atoms with E-state index in [1.807, 2.05) is 0 Å². The molecule has 0 radical (unpaired) electrons. The fourth-order valence-electron chi connectivity index (χ4n) is 1.38. The van der Waals surface area contributed by atoms with Crippen molar-refractivity contribution in [3.05, 3.63) is 16.1 Å². The zero-order valence-corrected chi connectivity index (χ0v) is 11.2. The molecule has 1 heterocycles. The zero-order valence-electron chi connectivity index (χ0n) is 10.3. The second kappa shape index (κ2) is 6.46. The molecule has 6 nitrogen and oxygen atoms in total. The van der Waals surface area contributed by atoms with Crippen LogP contribution < -0.4 is 11.1 Å². The van der Waals surface area contributed by atoms with Crippen molar-refractivity contribution in [2.75, 3.05) is 6.54 Å². The largest absolute Gasteiger partial charge is 0.476 e. The number of nitrogens with two attached hydrogens (primary N) is 1. The van der Waals surface area contributed by atoms with Gasteiger partial charge in [-0.05, 0) is 19.9 Å². The molecule has 100 valence electrons. The highest BCUT2D eigenvalue weighted by Crippen LogP contribution is 2.18. The molecule has 1 aromatic rings. The van der Waals surface area contributed by atoms with Gasteiger partial charge in [-0.15, -0.1) is 11.3 Å². The third-order valence-electron chi connectivity index (χ3n) is 2.52. The number of carbonyl (C=O) groups excluding carboxylic acids is 1. The molecule has 18 heavy (non-hydrogen) atoms. The molecule has 0 aliphatic rings. The summed E-state index contributed by atoms with van der Waals surface area (Å²) in [5.41, 5.74) is 5.40. The van der Waals surface area contributed by atoms with E-state index >= 15 is 0 Å². The zero-order chi connectivity index (χ0) is 13.7. The number of carbonyl (C=O) groups is 2. The summed E-state index contributed by atoms with van der Waals surface area (Å²) in [6, 6.07) is -0.296. The molecule has 0 aliphatic heterocycles. The number of carboxylic acids is 1. The van der Waals surface area contributed by atoms with Gasteiger partial charge in [-0.25, -0.2) is 9.78 Å². The summed E-state index contributed by atoms with van der Waals surface area (Å²) in [7, 11) is 0. The van der Waals surface area contributed by atoms with E-state index in [4.69, 9.17) is 10.8 Å². The Labute approximate surface area is 109 Å². The van der Waals surface area contributed by atoms with Gasteiger partial charge < -0.3 is 16.2 Å². The van der Waals surface area contributed by atoms with Crippen molar-refractivity contribution in [2.45, 2.75) is 26.3 Å². The van der Waals surface area contributed by atoms with E-state index in [0.29, 0.717) is 18.0 Å². The van der Waals surface area contributed by atoms with E-state index in [-0.39, 0.29) is 23.6 Å². The van der Waals surface area contributed by atoms with Gasteiger partial charge in [0.05, 0.1) is 6.04 Å². The number of carboxylic acid groups (broad SMARTS) is 1. The van der Waals surface area contributed by atoms with Crippen LogP contribution >= 0.6 is 11.3 Å². The van der Waals surface area contributed by atoms with Crippen molar-refractivity contribution in [3.63, 3.8) is 0 Å². The predicted molar refractivity (Wildman–Crippen MR) is 68.5 cm³/mol. The molecule has 1 rings (SSSR count). The summed E-state index contributed by atoms with van der Waals surface area (Å²) in [4.78, 5) is 26.4. The first-order valence-corrected chi connectivity index (χ1v) is 6.52. The lowest BCUT2D eigenvalue weighted by Gasteiger charge is -2.15. The van der Waals surface area contributed by atoms with Crippen LogP contribution in [0.25, 0.3) is 0 Å². The Balaban J connectivity index is 2.61. The van der Waals surface area contributed by atoms with Crippen molar-refractivity contribution in [2.24, 2.45) is 11.7 Å². The van der Waals surface area contributed by atoms with Crippen LogP contribution in [0.4, 0.5) is 0 Å². The topological polar surface area (TPSA) is 105 Å². The lowest BCUT2D eigenvalue weighted by molar-refractivity contribution is -0.125. The van der Waals surface area contributed by atoms with Gasteiger partial charge in [-0.3, -0.25) is 4.79 Å². The lowest BCUT2D eigenvalue weighted by atomic mass is 10.1. The first-order valence-electron chi connectivity index (χ1n) is 5.64. The maximum atomic E-state index is 11.8. The van der Waals surface area contributed by atoms with E-state index in [2.05, 4.69) is 10.3 Å². The number of amides is 1. The number of hydrogen-bond donors (Lipinski definition) is 3. The third-order valence-corrected chi connectivity index (χ3v) is 3.54. The number of thiazole rings is 1. The average molecular weight is 271 g/mol. The molecular weight excluding hydrogens is 254 g/mol. The smallest absolute Gasteiger partial charge is 0.355 e. The first kappa shape index (κ1) is 14.6. The minimum atomic E-state index is -1.06. The molecule has 2 atom stereocenters. The summed E-state index contributed by atoms with van der Waals surface area (Å²) < 4.78 is 0. The number of nitrogens with one attached hydrogen (secondary N) is 1. The lowest BCUT2D eigenvalue weighted by Crippen LogP contribution is -2.32. The Hall–Kier alpha value is -1.47. The van der Waals surface area contributed by atoms with Gasteiger partial charge in [-0.1, -0.05) is 6.92 Å². The molecule has 0 saturated heterocycles. The second-order valence-electron chi connectivity index (χ2n) is 4.08. The molecule has 0 spiro atoms. The molecule has 0 saturated carbocycles. The summed E-state index contributed by atoms with van der Waals surface area (Å²) in [5, 5.41) is 13.6. The number of aromatic nitrogens is 1. The first-order chi connectivity index (χ1) is 8.45. The minimum Gasteiger partial charge on any atom is -0.476 e. The van der Waals surface area contributed by atoms with E-state index in [1.165, 1.54) is 16.7 Å². The summed E-state index contributed by atoms with van der Waals surface area (Å²) in [6.45, 7) is 4.04. The van der Waals surface area contributed by atoms with E-state index < -0.39 is 5.97 Å². The SMILES string of the molecule is CC(CCN)C(=O)NC(C)c1nc(C(=O)O)cs1. The second-order valence-corrected chi connectivity index (χ2v) is 4.97. The molecule has 0 bridgehead atoms. The summed E-state index contributed by atoms with van der Waals surface area (Å²) in [6.07, 6.45) is 0.622. The molecule has 4 N–H and O–H groups in total. The van der Waals surface area contributed by atoms with Crippen molar-refractivity contribution >= 4 is 23.2 Å². The monoisotopic (exact) mass is 271 g/mol. The van der Waals surface area contributed by atoms with Crippen LogP contribution in [-0.4, -0.2) is 28.5 Å². The van der Waals surface area contributed by atoms with Crippen LogP contribution in [-0.2, 0) is 4.79 Å². The molecular formula is C11H17N3O3S. The Kier molecular flexibility index (Phi) is 5.24. The third kappa shape index (κ3) is 3.78. The van der Waals surface area contributed by atoms with E-state index in [0.717, 1.165) is 0 Å². The molecule has 2 unspecified atom stereocenters. The van der Waals surface area contributed by atoms with Crippen LogP contribution in [0.15, 0.2) is 5.38 Å². The van der Waals surface area contributed by atoms with E-state index in [9.17, 15) is 9.59 Å². The highest BCUT2D eigenvalue weighted by atomic mass is 32.1. The van der Waals surface area contributed by atoms with Crippen LogP contribution in [0.1, 0.15) is 41.8 Å². The van der Waals surface area contributed by atoms with E-state index in [1.54, 1.807) is 13.8 Å². The van der Waals surface area contributed by atoms with Crippen molar-refractivity contribution in [1.82, 2.24) is 10.3 Å². The van der Waals surface area contributed by atoms with Gasteiger partial charge in [0.15, 0.2) is 5.69 Å². The Morgan fingerprint density at radius 3 is 2.72 bits per heavy atom. The van der Waals surface area contributed by atoms with Crippen LogP contribution in [0.5, 0.6) is 0 Å². The van der Waals surface area contributed by atoms with Crippen LogP contribution in [0.3, 0.4) is 0 Å². The van der Waals surface area contributed by atoms with Gasteiger partial charge in [0.1, 0.15) is 5.01 Å². The number of aromatic carboxylic acids is 1. The van der Waals surface area contributed by atoms with Gasteiger partial charge >= 0.3 is 5.97 Å². The number of rotatable bonds is 6. The molecule has 1 amide bonds. The maximum Gasteiger partial charge on any atom is 0.355 e. The predicted octanol–water partition coefficient (Wildman–Crippen LogP) is 1.00. The molecule has 0 aliphatic carbocycles. The highest BCUT2D eigenvalue weighted by Gasteiger charge is 2.18. The average Bonchev–Trinajstić information content (AvgIpc) is 2.78. The van der Waals surface area contributed by atoms with Gasteiger partial charge in [0.25, 0.3) is 0 Å². The maximum absolute atomic E-state index is 11.8. The van der Waals surface area contributed by atoms with Gasteiger partial charge in [0.2, 0.25) is 5.91 Å². The normalized spacial score (nSPS) is 13.9. The number of nitrogens with zero attached hydrogens (tertiary/aromatic N) is 1. The molecule has 0 fully saturated rings. The fourth-order valence-corrected chi connectivity index (χ4v) is 2.18. The van der Waals surface area contributed by atoms with Crippen molar-refractivity contribution in [3.8, 4) is 0 Å². The van der Waals surface area contributed by atoms with Crippen LogP contribution in [0, 0.1) is 5.92 Å². The molecule has 7 heteroatoms. The highest BCUT2D eigenvalue weighted by molar-refractivity contribution is 7.09. The number of hydrogen-bond acceptors (Lipinski definition) is 5. The Morgan fingerprint density at radius 2 is 2.22 bits per heavy atom. The van der Waals surface area contributed by atoms with Crippen LogP contribution in [0.2, 0.25) is 0 Å². The molecule has 0 aromatic carbocycles. The summed E-state index contributed by atoms with van der Waals surface area (Å²) >= 11 is 1.22. The Bertz CT molecular complexity index is 433. The summed E-state index contributed by atoms with van der Waals surface area (Å²) in [5.74, 6) is -1.32. The van der Waals surface area contributed by atoms with Gasteiger partial charge in [0, 0.05) is 11.3 Å².